The first-order valence-electron chi connectivity index (χ1n) is 7.57. The molecule has 2 aromatic carbocycles. The van der Waals surface area contributed by atoms with Gasteiger partial charge in [-0.2, -0.15) is 0 Å². The van der Waals surface area contributed by atoms with Crippen LogP contribution >= 0.6 is 0 Å². The molecular formula is C18H20F3NO2. The Balaban J connectivity index is 1.76. The van der Waals surface area contributed by atoms with Crippen LogP contribution < -0.4 is 0 Å². The maximum atomic E-state index is 13.2. The highest BCUT2D eigenvalue weighted by molar-refractivity contribution is 5.19. The van der Waals surface area contributed by atoms with E-state index in [4.69, 9.17) is 4.74 Å². The Bertz CT molecular complexity index is 629. The predicted molar refractivity (Wildman–Crippen MR) is 84.8 cm³/mol. The lowest BCUT2D eigenvalue weighted by atomic mass is 10.2. The Hall–Kier alpha value is -1.89. The van der Waals surface area contributed by atoms with Crippen LogP contribution in [-0.4, -0.2) is 36.3 Å². The van der Waals surface area contributed by atoms with Crippen LogP contribution in [0.1, 0.15) is 11.1 Å². The molecule has 0 aliphatic rings. The SMILES string of the molecule is CN(Cc1cc(F)c(F)c(F)c1)CC(O)COCc1ccccc1. The highest BCUT2D eigenvalue weighted by Gasteiger charge is 2.13. The maximum absolute atomic E-state index is 13.2. The Morgan fingerprint density at radius 3 is 2.29 bits per heavy atom. The Morgan fingerprint density at radius 2 is 1.67 bits per heavy atom. The molecule has 0 spiro atoms. The number of benzene rings is 2. The minimum absolute atomic E-state index is 0.144. The fourth-order valence-corrected chi connectivity index (χ4v) is 2.38. The number of aliphatic hydroxyl groups is 1. The van der Waals surface area contributed by atoms with Crippen LogP contribution in [0.3, 0.4) is 0 Å². The van der Waals surface area contributed by atoms with Crippen LogP contribution in [0.15, 0.2) is 42.5 Å². The predicted octanol–water partition coefficient (Wildman–Crippen LogP) is 3.11. The van der Waals surface area contributed by atoms with E-state index in [0.29, 0.717) is 12.2 Å². The van der Waals surface area contributed by atoms with Crippen LogP contribution in [0.4, 0.5) is 13.2 Å². The zero-order valence-electron chi connectivity index (χ0n) is 13.4. The van der Waals surface area contributed by atoms with E-state index in [1.165, 1.54) is 0 Å². The van der Waals surface area contributed by atoms with E-state index in [-0.39, 0.29) is 19.7 Å². The van der Waals surface area contributed by atoms with E-state index in [1.807, 2.05) is 30.3 Å². The third-order valence-corrected chi connectivity index (χ3v) is 3.44. The maximum Gasteiger partial charge on any atom is 0.194 e. The number of nitrogens with zero attached hydrogens (tertiary/aromatic N) is 1. The van der Waals surface area contributed by atoms with Gasteiger partial charge in [-0.3, -0.25) is 4.90 Å². The molecule has 0 radical (unpaired) electrons. The van der Waals surface area contributed by atoms with Crippen LogP contribution in [-0.2, 0) is 17.9 Å². The monoisotopic (exact) mass is 339 g/mol. The lowest BCUT2D eigenvalue weighted by Crippen LogP contribution is -2.32. The van der Waals surface area contributed by atoms with Gasteiger partial charge in [-0.25, -0.2) is 13.2 Å². The first-order chi connectivity index (χ1) is 11.5. The van der Waals surface area contributed by atoms with Gasteiger partial charge in [0.2, 0.25) is 0 Å². The van der Waals surface area contributed by atoms with Gasteiger partial charge in [-0.05, 0) is 30.3 Å². The molecule has 0 aliphatic heterocycles. The van der Waals surface area contributed by atoms with Gasteiger partial charge in [0.05, 0.1) is 19.3 Å². The molecule has 0 aliphatic carbocycles. The molecule has 1 N–H and O–H groups in total. The van der Waals surface area contributed by atoms with Gasteiger partial charge >= 0.3 is 0 Å². The third-order valence-electron chi connectivity index (χ3n) is 3.44. The zero-order valence-corrected chi connectivity index (χ0v) is 13.4. The summed E-state index contributed by atoms with van der Waals surface area (Å²) in [5, 5.41) is 9.95. The average Bonchev–Trinajstić information content (AvgIpc) is 2.53. The van der Waals surface area contributed by atoms with Gasteiger partial charge < -0.3 is 9.84 Å². The molecular weight excluding hydrogens is 319 g/mol. The molecule has 130 valence electrons. The molecule has 0 fully saturated rings. The molecule has 6 heteroatoms. The summed E-state index contributed by atoms with van der Waals surface area (Å²) in [5.41, 5.74) is 1.31. The van der Waals surface area contributed by atoms with Crippen molar-refractivity contribution < 1.29 is 23.0 Å². The Morgan fingerprint density at radius 1 is 1.04 bits per heavy atom. The molecule has 24 heavy (non-hydrogen) atoms. The van der Waals surface area contributed by atoms with Gasteiger partial charge in [-0.15, -0.1) is 0 Å². The normalized spacial score (nSPS) is 12.6. The highest BCUT2D eigenvalue weighted by atomic mass is 19.2. The first-order valence-corrected chi connectivity index (χ1v) is 7.57. The largest absolute Gasteiger partial charge is 0.389 e. The molecule has 0 saturated heterocycles. The van der Waals surface area contributed by atoms with Crippen molar-refractivity contribution in [1.29, 1.82) is 0 Å². The zero-order chi connectivity index (χ0) is 17.5. The lowest BCUT2D eigenvalue weighted by molar-refractivity contribution is 0.0127. The molecule has 0 bridgehead atoms. The molecule has 2 rings (SSSR count). The summed E-state index contributed by atoms with van der Waals surface area (Å²) in [5.74, 6) is -3.91. The second-order valence-electron chi connectivity index (χ2n) is 5.72. The van der Waals surface area contributed by atoms with E-state index in [0.717, 1.165) is 17.7 Å². The average molecular weight is 339 g/mol. The molecule has 1 atom stereocenters. The van der Waals surface area contributed by atoms with E-state index < -0.39 is 23.6 Å². The van der Waals surface area contributed by atoms with Crippen LogP contribution in [0.5, 0.6) is 0 Å². The van der Waals surface area contributed by atoms with Crippen molar-refractivity contribution in [3.8, 4) is 0 Å². The van der Waals surface area contributed by atoms with Crippen LogP contribution in [0.2, 0.25) is 0 Å². The molecule has 0 saturated carbocycles. The quantitative estimate of drug-likeness (QED) is 0.750. The molecule has 1 unspecified atom stereocenters. The van der Waals surface area contributed by atoms with Crippen LogP contribution in [0, 0.1) is 17.5 Å². The van der Waals surface area contributed by atoms with Gasteiger partial charge in [0.15, 0.2) is 17.5 Å². The van der Waals surface area contributed by atoms with Gasteiger partial charge in [-0.1, -0.05) is 30.3 Å². The second kappa shape index (κ2) is 8.82. The number of rotatable bonds is 8. The number of hydrogen-bond acceptors (Lipinski definition) is 3. The number of likely N-dealkylation sites (N-methyl/N-ethyl adjacent to an activating group) is 1. The van der Waals surface area contributed by atoms with Crippen molar-refractivity contribution in [3.05, 3.63) is 71.0 Å². The number of ether oxygens (including phenoxy) is 1. The van der Waals surface area contributed by atoms with Gasteiger partial charge in [0.1, 0.15) is 0 Å². The van der Waals surface area contributed by atoms with Crippen LogP contribution in [0.25, 0.3) is 0 Å². The summed E-state index contributed by atoms with van der Waals surface area (Å²) in [4.78, 5) is 1.68. The minimum Gasteiger partial charge on any atom is -0.389 e. The number of aliphatic hydroxyl groups excluding tert-OH is 1. The summed E-state index contributed by atoms with van der Waals surface area (Å²) in [6, 6.07) is 11.5. The first kappa shape index (κ1) is 18.4. The minimum atomic E-state index is -1.48. The standard InChI is InChI=1S/C18H20F3NO2/c1-22(9-14-7-16(19)18(21)17(20)8-14)10-15(23)12-24-11-13-5-3-2-4-6-13/h2-8,15,23H,9-12H2,1H3. The van der Waals surface area contributed by atoms with Crippen molar-refractivity contribution in [2.45, 2.75) is 19.3 Å². The summed E-state index contributed by atoms with van der Waals surface area (Å²) < 4.78 is 44.7. The summed E-state index contributed by atoms with van der Waals surface area (Å²) in [6.07, 6.45) is -0.742. The van der Waals surface area contributed by atoms with Crippen molar-refractivity contribution in [2.75, 3.05) is 20.2 Å². The van der Waals surface area contributed by atoms with Gasteiger partial charge in [0, 0.05) is 13.1 Å². The fraction of sp³-hybridized carbons (Fsp3) is 0.333. The molecule has 0 aromatic heterocycles. The number of hydrogen-bond donors (Lipinski definition) is 1. The fourth-order valence-electron chi connectivity index (χ4n) is 2.38. The van der Waals surface area contributed by atoms with Crippen molar-refractivity contribution in [1.82, 2.24) is 4.90 Å². The second-order valence-corrected chi connectivity index (χ2v) is 5.72. The number of halogens is 3. The van der Waals surface area contributed by atoms with Crippen molar-refractivity contribution in [3.63, 3.8) is 0 Å². The van der Waals surface area contributed by atoms with E-state index in [9.17, 15) is 18.3 Å². The molecule has 2 aromatic rings. The van der Waals surface area contributed by atoms with E-state index >= 15 is 0 Å². The molecule has 0 amide bonds. The highest BCUT2D eigenvalue weighted by Crippen LogP contribution is 2.15. The van der Waals surface area contributed by atoms with E-state index in [2.05, 4.69) is 0 Å². The molecule has 3 nitrogen and oxygen atoms in total. The third kappa shape index (κ3) is 5.63. The smallest absolute Gasteiger partial charge is 0.194 e. The summed E-state index contributed by atoms with van der Waals surface area (Å²) >= 11 is 0. The summed E-state index contributed by atoms with van der Waals surface area (Å²) in [6.45, 7) is 0.987. The van der Waals surface area contributed by atoms with Crippen molar-refractivity contribution in [2.24, 2.45) is 0 Å². The topological polar surface area (TPSA) is 32.7 Å². The Labute approximate surface area is 139 Å². The lowest BCUT2D eigenvalue weighted by Gasteiger charge is -2.20. The van der Waals surface area contributed by atoms with Crippen molar-refractivity contribution >= 4 is 0 Å². The molecule has 0 heterocycles. The Kier molecular flexibility index (Phi) is 6.78. The summed E-state index contributed by atoms with van der Waals surface area (Å²) in [7, 11) is 1.69. The van der Waals surface area contributed by atoms with Gasteiger partial charge in [0.25, 0.3) is 0 Å². The van der Waals surface area contributed by atoms with E-state index in [1.54, 1.807) is 11.9 Å².